The Bertz CT molecular complexity index is 573. The maximum absolute atomic E-state index is 9.68. The summed E-state index contributed by atoms with van der Waals surface area (Å²) in [6, 6.07) is 6.84. The van der Waals surface area contributed by atoms with Gasteiger partial charge in [0, 0.05) is 17.1 Å². The van der Waals surface area contributed by atoms with Crippen molar-refractivity contribution in [3.63, 3.8) is 0 Å². The number of aromatic nitrogens is 1. The minimum atomic E-state index is 0.213. The lowest BCUT2D eigenvalue weighted by Crippen LogP contribution is -2.00. The molecule has 0 spiro atoms. The van der Waals surface area contributed by atoms with Crippen LogP contribution >= 0.6 is 23.2 Å². The Labute approximate surface area is 115 Å². The number of nitrogens with one attached hydrogen (secondary N) is 1. The van der Waals surface area contributed by atoms with Gasteiger partial charge in [-0.25, -0.2) is 4.98 Å². The molecule has 0 aliphatic carbocycles. The van der Waals surface area contributed by atoms with Crippen molar-refractivity contribution in [3.05, 3.63) is 51.8 Å². The summed E-state index contributed by atoms with van der Waals surface area (Å²) in [6.45, 7) is 2.35. The normalized spacial score (nSPS) is 10.4. The van der Waals surface area contributed by atoms with Gasteiger partial charge in [0.05, 0.1) is 11.9 Å². The van der Waals surface area contributed by atoms with Gasteiger partial charge in [-0.05, 0) is 36.8 Å². The molecule has 2 aromatic rings. The van der Waals surface area contributed by atoms with Gasteiger partial charge in [0.1, 0.15) is 10.9 Å². The monoisotopic (exact) mass is 282 g/mol. The Balaban J connectivity index is 2.11. The summed E-state index contributed by atoms with van der Waals surface area (Å²) in [7, 11) is 0. The predicted octanol–water partition coefficient (Wildman–Crippen LogP) is 4.01. The Morgan fingerprint density at radius 2 is 2.06 bits per heavy atom. The zero-order chi connectivity index (χ0) is 13.1. The van der Waals surface area contributed by atoms with Gasteiger partial charge >= 0.3 is 0 Å². The van der Waals surface area contributed by atoms with E-state index in [1.54, 1.807) is 24.4 Å². The van der Waals surface area contributed by atoms with Crippen molar-refractivity contribution in [2.45, 2.75) is 13.5 Å². The number of aromatic hydroxyl groups is 1. The van der Waals surface area contributed by atoms with Crippen molar-refractivity contribution >= 4 is 28.9 Å². The molecular weight excluding hydrogens is 271 g/mol. The topological polar surface area (TPSA) is 45.1 Å². The fourth-order valence-corrected chi connectivity index (χ4v) is 1.85. The Hall–Kier alpha value is -1.45. The highest BCUT2D eigenvalue weighted by Crippen LogP contribution is 2.23. The van der Waals surface area contributed by atoms with E-state index >= 15 is 0 Å². The Kier molecular flexibility index (Phi) is 3.94. The molecule has 2 N–H and O–H groups in total. The molecule has 1 aromatic heterocycles. The number of nitrogens with zero attached hydrogens (tertiary/aromatic N) is 1. The summed E-state index contributed by atoms with van der Waals surface area (Å²) in [6.07, 6.45) is 1.65. The van der Waals surface area contributed by atoms with Crippen molar-refractivity contribution in [2.24, 2.45) is 0 Å². The maximum Gasteiger partial charge on any atom is 0.132 e. The molecule has 0 bridgehead atoms. The molecule has 0 amide bonds. The van der Waals surface area contributed by atoms with E-state index in [-0.39, 0.29) is 5.75 Å². The van der Waals surface area contributed by atoms with E-state index in [9.17, 15) is 5.11 Å². The average molecular weight is 283 g/mol. The summed E-state index contributed by atoms with van der Waals surface area (Å²) in [5, 5.41) is 13.9. The Morgan fingerprint density at radius 1 is 1.28 bits per heavy atom. The molecule has 0 saturated carbocycles. The van der Waals surface area contributed by atoms with E-state index in [0.717, 1.165) is 16.8 Å². The first-order valence-corrected chi connectivity index (χ1v) is 6.15. The lowest BCUT2D eigenvalue weighted by Gasteiger charge is -2.09. The van der Waals surface area contributed by atoms with Gasteiger partial charge in [-0.2, -0.15) is 0 Å². The quantitative estimate of drug-likeness (QED) is 0.836. The summed E-state index contributed by atoms with van der Waals surface area (Å²) in [5.41, 5.74) is 2.48. The van der Waals surface area contributed by atoms with Crippen LogP contribution in [0.3, 0.4) is 0 Å². The van der Waals surface area contributed by atoms with E-state index in [1.165, 1.54) is 0 Å². The number of rotatable bonds is 3. The molecule has 0 fully saturated rings. The molecular formula is C13H12Cl2N2O. The first-order chi connectivity index (χ1) is 8.56. The highest BCUT2D eigenvalue weighted by molar-refractivity contribution is 6.30. The third-order valence-electron chi connectivity index (χ3n) is 2.54. The van der Waals surface area contributed by atoms with E-state index in [1.807, 2.05) is 13.0 Å². The molecule has 0 atom stereocenters. The third-order valence-corrected chi connectivity index (χ3v) is 3.17. The van der Waals surface area contributed by atoms with Gasteiger partial charge in [0.15, 0.2) is 0 Å². The Morgan fingerprint density at radius 3 is 2.78 bits per heavy atom. The van der Waals surface area contributed by atoms with Crippen LogP contribution in [0.25, 0.3) is 0 Å². The van der Waals surface area contributed by atoms with Crippen molar-refractivity contribution in [1.82, 2.24) is 4.98 Å². The molecule has 94 valence electrons. The molecule has 0 radical (unpaired) electrons. The summed E-state index contributed by atoms with van der Waals surface area (Å²) < 4.78 is 0. The van der Waals surface area contributed by atoms with Crippen LogP contribution in [0.4, 0.5) is 5.69 Å². The van der Waals surface area contributed by atoms with E-state index < -0.39 is 0 Å². The average Bonchev–Trinajstić information content (AvgIpc) is 2.34. The van der Waals surface area contributed by atoms with Gasteiger partial charge < -0.3 is 10.4 Å². The van der Waals surface area contributed by atoms with Crippen LogP contribution in [0, 0.1) is 6.92 Å². The highest BCUT2D eigenvalue weighted by atomic mass is 35.5. The first-order valence-electron chi connectivity index (χ1n) is 5.39. The van der Waals surface area contributed by atoms with E-state index in [0.29, 0.717) is 16.7 Å². The second-order valence-electron chi connectivity index (χ2n) is 3.96. The maximum atomic E-state index is 9.68. The van der Waals surface area contributed by atoms with E-state index in [2.05, 4.69) is 10.3 Å². The lowest BCUT2D eigenvalue weighted by atomic mass is 10.2. The molecule has 0 saturated heterocycles. The smallest absolute Gasteiger partial charge is 0.132 e. The lowest BCUT2D eigenvalue weighted by molar-refractivity contribution is 0.469. The number of hydrogen-bond donors (Lipinski definition) is 2. The van der Waals surface area contributed by atoms with Gasteiger partial charge in [-0.15, -0.1) is 0 Å². The third kappa shape index (κ3) is 3.06. The summed E-state index contributed by atoms with van der Waals surface area (Å²) >= 11 is 11.7. The molecule has 0 unspecified atom stereocenters. The number of phenols is 1. The fraction of sp³-hybridized carbons (Fsp3) is 0.154. The zero-order valence-corrected chi connectivity index (χ0v) is 11.3. The number of aryl methyl sites for hydroxylation is 1. The van der Waals surface area contributed by atoms with Crippen molar-refractivity contribution < 1.29 is 5.11 Å². The summed E-state index contributed by atoms with van der Waals surface area (Å²) in [5.74, 6) is 0.213. The molecule has 0 aliphatic heterocycles. The van der Waals surface area contributed by atoms with Crippen molar-refractivity contribution in [1.29, 1.82) is 0 Å². The molecule has 3 nitrogen and oxygen atoms in total. The molecule has 5 heteroatoms. The van der Waals surface area contributed by atoms with Crippen LogP contribution in [0.2, 0.25) is 10.2 Å². The fourth-order valence-electron chi connectivity index (χ4n) is 1.55. The van der Waals surface area contributed by atoms with Crippen LogP contribution in [-0.2, 0) is 6.54 Å². The largest absolute Gasteiger partial charge is 0.508 e. The molecule has 0 aliphatic rings. The number of benzene rings is 1. The van der Waals surface area contributed by atoms with Gasteiger partial charge in [-0.3, -0.25) is 0 Å². The molecule has 1 heterocycles. The number of halogens is 2. The number of pyridine rings is 1. The molecule has 2 rings (SSSR count). The number of anilines is 1. The SMILES string of the molecule is Cc1cc(NCc2cc(Cl)ccc2O)cnc1Cl. The van der Waals surface area contributed by atoms with Crippen LogP contribution < -0.4 is 5.32 Å². The second kappa shape index (κ2) is 5.46. The van der Waals surface area contributed by atoms with Crippen molar-refractivity contribution in [3.8, 4) is 5.75 Å². The predicted molar refractivity (Wildman–Crippen MR) is 74.4 cm³/mol. The standard InChI is InChI=1S/C13H12Cl2N2O/c1-8-4-11(7-17-13(8)15)16-6-9-5-10(14)2-3-12(9)18/h2-5,7,16,18H,6H2,1H3. The van der Waals surface area contributed by atoms with Crippen LogP contribution in [0.5, 0.6) is 5.75 Å². The van der Waals surface area contributed by atoms with Crippen molar-refractivity contribution in [2.75, 3.05) is 5.32 Å². The second-order valence-corrected chi connectivity index (χ2v) is 4.75. The van der Waals surface area contributed by atoms with Crippen LogP contribution in [0.15, 0.2) is 30.5 Å². The van der Waals surface area contributed by atoms with Gasteiger partial charge in [0.2, 0.25) is 0 Å². The van der Waals surface area contributed by atoms with Crippen LogP contribution in [-0.4, -0.2) is 10.1 Å². The van der Waals surface area contributed by atoms with E-state index in [4.69, 9.17) is 23.2 Å². The van der Waals surface area contributed by atoms with Gasteiger partial charge in [-0.1, -0.05) is 23.2 Å². The van der Waals surface area contributed by atoms with Gasteiger partial charge in [0.25, 0.3) is 0 Å². The minimum absolute atomic E-state index is 0.213. The number of hydrogen-bond acceptors (Lipinski definition) is 3. The molecule has 1 aromatic carbocycles. The van der Waals surface area contributed by atoms with Crippen LogP contribution in [0.1, 0.15) is 11.1 Å². The highest BCUT2D eigenvalue weighted by Gasteiger charge is 2.03. The minimum Gasteiger partial charge on any atom is -0.508 e. The molecule has 18 heavy (non-hydrogen) atoms. The zero-order valence-electron chi connectivity index (χ0n) is 9.74. The first kappa shape index (κ1) is 13.0. The summed E-state index contributed by atoms with van der Waals surface area (Å²) in [4.78, 5) is 4.05. The number of phenolic OH excluding ortho intramolecular Hbond substituents is 1.